The highest BCUT2D eigenvalue weighted by Gasteiger charge is 2.42. The number of halogens is 7. The second-order valence-corrected chi connectivity index (χ2v) is 9.84. The lowest BCUT2D eigenvalue weighted by Gasteiger charge is -2.36. The van der Waals surface area contributed by atoms with E-state index < -0.39 is 35.7 Å². The molecule has 8 nitrogen and oxygen atoms in total. The van der Waals surface area contributed by atoms with Gasteiger partial charge in [0, 0.05) is 59.2 Å². The van der Waals surface area contributed by atoms with Crippen molar-refractivity contribution in [1.82, 2.24) is 24.9 Å². The molecule has 0 amide bonds. The van der Waals surface area contributed by atoms with Gasteiger partial charge in [-0.2, -0.15) is 26.3 Å². The Bertz CT molecular complexity index is 1520. The van der Waals surface area contributed by atoms with Crippen molar-refractivity contribution >= 4 is 34.4 Å². The zero-order valence-corrected chi connectivity index (χ0v) is 21.3. The molecular weight excluding hydrogens is 564 g/mol. The molecule has 0 bridgehead atoms. The number of ether oxygens (including phenoxy) is 1. The summed E-state index contributed by atoms with van der Waals surface area (Å²) in [6, 6.07) is 4.22. The second kappa shape index (κ2) is 9.77. The Balaban J connectivity index is 1.50. The first-order chi connectivity index (χ1) is 19.0. The maximum Gasteiger partial charge on any atom is 0.433 e. The smallest absolute Gasteiger partial charge is 0.378 e. The van der Waals surface area contributed by atoms with Gasteiger partial charge in [-0.3, -0.25) is 0 Å². The van der Waals surface area contributed by atoms with Crippen molar-refractivity contribution in [3.05, 3.63) is 69.9 Å². The zero-order valence-electron chi connectivity index (χ0n) is 20.5. The maximum absolute atomic E-state index is 13.6. The lowest BCUT2D eigenvalue weighted by molar-refractivity contribution is -0.147. The molecule has 1 saturated heterocycles. The summed E-state index contributed by atoms with van der Waals surface area (Å²) in [6.07, 6.45) is -6.91. The first-order valence-corrected chi connectivity index (χ1v) is 12.6. The van der Waals surface area contributed by atoms with E-state index in [2.05, 4.69) is 24.9 Å². The van der Waals surface area contributed by atoms with Gasteiger partial charge >= 0.3 is 12.4 Å². The van der Waals surface area contributed by atoms with E-state index in [4.69, 9.17) is 16.3 Å². The topological polar surface area (TPSA) is 83.1 Å². The highest BCUT2D eigenvalue weighted by Crippen LogP contribution is 2.42. The molecule has 1 aromatic carbocycles. The molecule has 0 spiro atoms. The van der Waals surface area contributed by atoms with E-state index in [1.54, 1.807) is 18.2 Å². The van der Waals surface area contributed by atoms with Gasteiger partial charge < -0.3 is 19.5 Å². The molecule has 1 atom stereocenters. The molecule has 0 unspecified atom stereocenters. The van der Waals surface area contributed by atoms with Gasteiger partial charge in [-0.1, -0.05) is 11.6 Å². The van der Waals surface area contributed by atoms with Gasteiger partial charge in [0.25, 0.3) is 0 Å². The van der Waals surface area contributed by atoms with Gasteiger partial charge in [0.05, 0.1) is 13.2 Å². The van der Waals surface area contributed by atoms with Crippen LogP contribution in [0.4, 0.5) is 38.2 Å². The number of rotatable bonds is 3. The average molecular weight is 584 g/mol. The molecule has 210 valence electrons. The van der Waals surface area contributed by atoms with Gasteiger partial charge in [0.2, 0.25) is 11.9 Å². The first-order valence-electron chi connectivity index (χ1n) is 12.2. The summed E-state index contributed by atoms with van der Waals surface area (Å²) in [5.41, 5.74) is -0.827. The summed E-state index contributed by atoms with van der Waals surface area (Å²) in [7, 11) is 0. The van der Waals surface area contributed by atoms with Gasteiger partial charge in [0.1, 0.15) is 6.04 Å². The fourth-order valence-corrected chi connectivity index (χ4v) is 5.25. The van der Waals surface area contributed by atoms with Crippen LogP contribution in [0.5, 0.6) is 0 Å². The second-order valence-electron chi connectivity index (χ2n) is 9.40. The molecule has 2 aliphatic heterocycles. The number of aromatic nitrogens is 5. The van der Waals surface area contributed by atoms with E-state index in [1.807, 2.05) is 4.90 Å². The standard InChI is InChI=1S/C25H20ClF6N7O/c26-14-1-2-17-16(9-14)15-3-4-39(23-36-18(24(27,28)29)10-19(37-23)25(30,31)32)21(20(15)35-17)13-11-33-22(34-12-13)38-5-7-40-8-6-38/h1-2,9-12,21,35H,3-8H2/t21-/m0/s1. The average Bonchev–Trinajstić information content (AvgIpc) is 3.30. The molecule has 6 rings (SSSR count). The number of anilines is 2. The fraction of sp³-hybridized carbons (Fsp3) is 0.360. The van der Waals surface area contributed by atoms with Crippen LogP contribution in [0.3, 0.4) is 0 Å². The summed E-state index contributed by atoms with van der Waals surface area (Å²) >= 11 is 6.22. The third-order valence-electron chi connectivity index (χ3n) is 6.91. The number of morpholine rings is 1. The van der Waals surface area contributed by atoms with Crippen LogP contribution < -0.4 is 9.80 Å². The normalized spacial score (nSPS) is 18.3. The Labute approximate surface area is 228 Å². The Kier molecular flexibility index (Phi) is 6.49. The van der Waals surface area contributed by atoms with Crippen LogP contribution in [-0.4, -0.2) is 57.8 Å². The molecule has 0 aliphatic carbocycles. The van der Waals surface area contributed by atoms with Gasteiger partial charge in [-0.15, -0.1) is 0 Å². The van der Waals surface area contributed by atoms with Crippen LogP contribution >= 0.6 is 11.6 Å². The predicted octanol–water partition coefficient (Wildman–Crippen LogP) is 5.43. The molecular formula is C25H20ClF6N7O. The Morgan fingerprint density at radius 2 is 1.52 bits per heavy atom. The Hall–Kier alpha value is -3.65. The highest BCUT2D eigenvalue weighted by molar-refractivity contribution is 6.31. The first kappa shape index (κ1) is 26.6. The van der Waals surface area contributed by atoms with Crippen molar-refractivity contribution in [2.45, 2.75) is 24.8 Å². The number of hydrogen-bond donors (Lipinski definition) is 1. The monoisotopic (exact) mass is 583 g/mol. The number of aromatic amines is 1. The number of benzene rings is 1. The molecule has 15 heteroatoms. The summed E-state index contributed by atoms with van der Waals surface area (Å²) in [5.74, 6) is -0.264. The molecule has 1 fully saturated rings. The van der Waals surface area contributed by atoms with Crippen LogP contribution in [0.15, 0.2) is 36.7 Å². The lowest BCUT2D eigenvalue weighted by atomic mass is 9.94. The van der Waals surface area contributed by atoms with Crippen molar-refractivity contribution < 1.29 is 31.1 Å². The third-order valence-corrected chi connectivity index (χ3v) is 7.14. The predicted molar refractivity (Wildman–Crippen MR) is 133 cm³/mol. The third kappa shape index (κ3) is 4.89. The Morgan fingerprint density at radius 3 is 2.15 bits per heavy atom. The molecule has 40 heavy (non-hydrogen) atoms. The quantitative estimate of drug-likeness (QED) is 0.322. The minimum absolute atomic E-state index is 0.0287. The van der Waals surface area contributed by atoms with Crippen LogP contribution in [0, 0.1) is 0 Å². The zero-order chi connectivity index (χ0) is 28.2. The summed E-state index contributed by atoms with van der Waals surface area (Å²) in [5, 5.41) is 1.29. The van der Waals surface area contributed by atoms with Crippen LogP contribution in [-0.2, 0) is 23.5 Å². The van der Waals surface area contributed by atoms with Crippen molar-refractivity contribution in [2.75, 3.05) is 42.6 Å². The van der Waals surface area contributed by atoms with Gasteiger partial charge in [-0.25, -0.2) is 19.9 Å². The molecule has 1 N–H and O–H groups in total. The number of hydrogen-bond acceptors (Lipinski definition) is 7. The summed E-state index contributed by atoms with van der Waals surface area (Å²) in [6.45, 7) is 2.22. The van der Waals surface area contributed by atoms with Crippen LogP contribution in [0.1, 0.15) is 34.3 Å². The van der Waals surface area contributed by atoms with E-state index in [0.29, 0.717) is 60.5 Å². The maximum atomic E-state index is 13.6. The lowest BCUT2D eigenvalue weighted by Crippen LogP contribution is -2.39. The SMILES string of the molecule is FC(F)(F)c1cc(C(F)(F)F)nc(N2CCc3c([nH]c4ccc(Cl)cc34)[C@@H]2c2cnc(N3CCOCC3)nc2)n1. The minimum Gasteiger partial charge on any atom is -0.378 e. The number of H-pyrrole nitrogens is 1. The molecule has 0 saturated carbocycles. The minimum atomic E-state index is -5.12. The van der Waals surface area contributed by atoms with E-state index in [0.717, 1.165) is 10.9 Å². The van der Waals surface area contributed by atoms with Crippen molar-refractivity contribution in [3.8, 4) is 0 Å². The van der Waals surface area contributed by atoms with Crippen molar-refractivity contribution in [1.29, 1.82) is 0 Å². The molecule has 3 aromatic heterocycles. The van der Waals surface area contributed by atoms with E-state index >= 15 is 0 Å². The van der Waals surface area contributed by atoms with Gasteiger partial charge in [-0.05, 0) is 36.2 Å². The van der Waals surface area contributed by atoms with Crippen molar-refractivity contribution in [2.24, 2.45) is 0 Å². The summed E-state index contributed by atoms with van der Waals surface area (Å²) < 4.78 is 87.2. The highest BCUT2D eigenvalue weighted by atomic mass is 35.5. The summed E-state index contributed by atoms with van der Waals surface area (Å²) in [4.78, 5) is 22.5. The van der Waals surface area contributed by atoms with Crippen LogP contribution in [0.2, 0.25) is 5.02 Å². The van der Waals surface area contributed by atoms with Gasteiger partial charge in [0.15, 0.2) is 11.4 Å². The molecule has 0 radical (unpaired) electrons. The van der Waals surface area contributed by atoms with E-state index in [1.165, 1.54) is 17.3 Å². The van der Waals surface area contributed by atoms with Crippen molar-refractivity contribution in [3.63, 3.8) is 0 Å². The molecule has 5 heterocycles. The van der Waals surface area contributed by atoms with Crippen LogP contribution in [0.25, 0.3) is 10.9 Å². The number of nitrogens with one attached hydrogen (secondary N) is 1. The number of alkyl halides is 6. The molecule has 2 aliphatic rings. The molecule has 4 aromatic rings. The van der Waals surface area contributed by atoms with E-state index in [9.17, 15) is 26.3 Å². The number of fused-ring (bicyclic) bond motifs is 3. The number of nitrogens with zero attached hydrogens (tertiary/aromatic N) is 6. The largest absolute Gasteiger partial charge is 0.433 e. The van der Waals surface area contributed by atoms with E-state index in [-0.39, 0.29) is 12.6 Å². The fourth-order valence-electron chi connectivity index (χ4n) is 5.08. The Morgan fingerprint density at radius 1 is 0.875 bits per heavy atom.